The molecule has 0 bridgehead atoms. The van der Waals surface area contributed by atoms with Gasteiger partial charge in [0.2, 0.25) is 0 Å². The lowest BCUT2D eigenvalue weighted by molar-refractivity contribution is -0.0209. The number of aryl methyl sites for hydroxylation is 2. The molecule has 0 radical (unpaired) electrons. The molecule has 2 aliphatic heterocycles. The number of halogens is 2. The number of aliphatic imine (C=N–C) groups is 1. The fourth-order valence-corrected chi connectivity index (χ4v) is 4.30. The first-order valence-corrected chi connectivity index (χ1v) is 11.3. The molecule has 0 unspecified atom stereocenters. The number of morpholine rings is 1. The first-order chi connectivity index (χ1) is 16.5. The predicted molar refractivity (Wildman–Crippen MR) is 126 cm³/mol. The van der Waals surface area contributed by atoms with Crippen molar-refractivity contribution in [1.29, 1.82) is 0 Å². The molecule has 0 saturated carbocycles. The first kappa shape index (κ1) is 22.4. The Bertz CT molecular complexity index is 1240. The van der Waals surface area contributed by atoms with Crippen LogP contribution in [-0.4, -0.2) is 60.0 Å². The minimum absolute atomic E-state index is 0.0448. The van der Waals surface area contributed by atoms with E-state index in [0.29, 0.717) is 61.4 Å². The Morgan fingerprint density at radius 3 is 2.76 bits per heavy atom. The van der Waals surface area contributed by atoms with E-state index in [4.69, 9.17) is 14.5 Å². The van der Waals surface area contributed by atoms with Gasteiger partial charge in [0.1, 0.15) is 29.0 Å². The van der Waals surface area contributed by atoms with E-state index in [2.05, 4.69) is 25.4 Å². The second-order valence-electron chi connectivity index (χ2n) is 8.30. The summed E-state index contributed by atoms with van der Waals surface area (Å²) in [6, 6.07) is 5.70. The number of pyridine rings is 1. The van der Waals surface area contributed by atoms with Crippen molar-refractivity contribution in [3.05, 3.63) is 52.9 Å². The molecule has 1 saturated heterocycles. The summed E-state index contributed by atoms with van der Waals surface area (Å²) in [5, 5.41) is 10.5. The quantitative estimate of drug-likeness (QED) is 0.586. The fourth-order valence-electron chi connectivity index (χ4n) is 4.30. The van der Waals surface area contributed by atoms with Crippen molar-refractivity contribution in [3.63, 3.8) is 0 Å². The molecule has 5 rings (SSSR count). The molecule has 1 fully saturated rings. The van der Waals surface area contributed by atoms with Crippen LogP contribution in [0.4, 0.5) is 26.0 Å². The maximum Gasteiger partial charge on any atom is 0.144 e. The molecule has 8 nitrogen and oxygen atoms in total. The van der Waals surface area contributed by atoms with Crippen molar-refractivity contribution in [3.8, 4) is 11.3 Å². The van der Waals surface area contributed by atoms with Gasteiger partial charge in [-0.1, -0.05) is 6.07 Å². The average Bonchev–Trinajstić information content (AvgIpc) is 3.09. The number of aromatic nitrogens is 3. The second-order valence-corrected chi connectivity index (χ2v) is 8.30. The van der Waals surface area contributed by atoms with Crippen molar-refractivity contribution in [2.24, 2.45) is 4.99 Å². The number of H-pyrrole nitrogens is 1. The van der Waals surface area contributed by atoms with Crippen molar-refractivity contribution >= 4 is 23.0 Å². The smallest absolute Gasteiger partial charge is 0.144 e. The number of nitrogens with one attached hydrogen (secondary N) is 2. The summed E-state index contributed by atoms with van der Waals surface area (Å²) in [4.78, 5) is 11.6. The van der Waals surface area contributed by atoms with Gasteiger partial charge in [-0.2, -0.15) is 5.10 Å². The minimum Gasteiger partial charge on any atom is -0.379 e. The number of ether oxygens (including phenoxy) is 2. The molecule has 1 atom stereocenters. The number of hydrogen-bond donors (Lipinski definition) is 2. The lowest BCUT2D eigenvalue weighted by Crippen LogP contribution is -2.45. The van der Waals surface area contributed by atoms with Gasteiger partial charge in [0.25, 0.3) is 0 Å². The molecule has 2 aromatic heterocycles. The van der Waals surface area contributed by atoms with Crippen LogP contribution in [-0.2, 0) is 9.47 Å². The van der Waals surface area contributed by atoms with Crippen LogP contribution < -0.4 is 10.2 Å². The zero-order valence-corrected chi connectivity index (χ0v) is 19.3. The van der Waals surface area contributed by atoms with E-state index >= 15 is 0 Å². The van der Waals surface area contributed by atoms with E-state index in [-0.39, 0.29) is 17.5 Å². The van der Waals surface area contributed by atoms with Gasteiger partial charge in [-0.3, -0.25) is 5.10 Å². The summed E-state index contributed by atoms with van der Waals surface area (Å²) in [5.74, 6) is -0.552. The van der Waals surface area contributed by atoms with Crippen molar-refractivity contribution < 1.29 is 18.3 Å². The van der Waals surface area contributed by atoms with E-state index in [1.165, 1.54) is 18.2 Å². The maximum atomic E-state index is 14.7. The highest BCUT2D eigenvalue weighted by molar-refractivity contribution is 6.14. The number of fused-ring (bicyclic) bond motifs is 3. The summed E-state index contributed by atoms with van der Waals surface area (Å²) in [7, 11) is 0. The zero-order valence-electron chi connectivity index (χ0n) is 19.3. The Balaban J connectivity index is 1.58. The monoisotopic (exact) mass is 468 g/mol. The van der Waals surface area contributed by atoms with Gasteiger partial charge >= 0.3 is 0 Å². The van der Waals surface area contributed by atoms with Gasteiger partial charge in [0.15, 0.2) is 0 Å². The number of anilines is 2. The molecule has 0 aliphatic carbocycles. The summed E-state index contributed by atoms with van der Waals surface area (Å²) >= 11 is 0. The highest BCUT2D eigenvalue weighted by Gasteiger charge is 2.28. The van der Waals surface area contributed by atoms with Crippen LogP contribution in [0.1, 0.15) is 23.9 Å². The van der Waals surface area contributed by atoms with Crippen LogP contribution in [0.2, 0.25) is 0 Å². The summed E-state index contributed by atoms with van der Waals surface area (Å²) < 4.78 is 40.7. The average molecular weight is 469 g/mol. The van der Waals surface area contributed by atoms with Gasteiger partial charge in [-0.25, -0.2) is 18.8 Å². The molecule has 2 N–H and O–H groups in total. The Kier molecular flexibility index (Phi) is 6.01. The first-order valence-electron chi connectivity index (χ1n) is 11.3. The van der Waals surface area contributed by atoms with Crippen molar-refractivity contribution in [2.75, 3.05) is 43.1 Å². The number of amidine groups is 1. The van der Waals surface area contributed by atoms with E-state index < -0.39 is 11.6 Å². The number of aromatic amines is 1. The highest BCUT2D eigenvalue weighted by atomic mass is 19.1. The fraction of sp³-hybridized carbons (Fsp3) is 0.375. The molecule has 178 valence electrons. The molecule has 4 heterocycles. The Morgan fingerprint density at radius 2 is 2.00 bits per heavy atom. The summed E-state index contributed by atoms with van der Waals surface area (Å²) in [5.41, 5.74) is 3.66. The van der Waals surface area contributed by atoms with Crippen molar-refractivity contribution in [2.45, 2.75) is 26.9 Å². The lowest BCUT2D eigenvalue weighted by atomic mass is 10.1. The Hall–Kier alpha value is -3.37. The molecule has 1 aromatic carbocycles. The Morgan fingerprint density at radius 1 is 1.21 bits per heavy atom. The van der Waals surface area contributed by atoms with E-state index in [9.17, 15) is 8.78 Å². The lowest BCUT2D eigenvalue weighted by Gasteiger charge is -2.34. The van der Waals surface area contributed by atoms with Crippen molar-refractivity contribution in [1.82, 2.24) is 15.2 Å². The molecule has 10 heteroatoms. The van der Waals surface area contributed by atoms with Crippen LogP contribution >= 0.6 is 0 Å². The third-order valence-electron chi connectivity index (χ3n) is 6.01. The normalized spacial score (nSPS) is 17.5. The number of benzene rings is 1. The molecule has 34 heavy (non-hydrogen) atoms. The molecule has 3 aromatic rings. The van der Waals surface area contributed by atoms with Crippen LogP contribution in [0.15, 0.2) is 29.3 Å². The van der Waals surface area contributed by atoms with E-state index in [0.717, 1.165) is 11.4 Å². The standard InChI is InChI=1S/C24H26F2N6O2/c1-4-33-12-15-11-32(8-9-34-15)19-10-16-21(13(2)27-19)28-24(20-17(25)6-5-7-18(20)26)29-22-14(3)30-31-23(16)22/h5-7,10,15H,4,8-9,11-12H2,1-3H3,(H,28,29)(H,30,31)/t15-/m1/s1. The summed E-state index contributed by atoms with van der Waals surface area (Å²) in [6.07, 6.45) is -0.0448. The van der Waals surface area contributed by atoms with Gasteiger partial charge in [-0.15, -0.1) is 0 Å². The second kappa shape index (κ2) is 9.11. The largest absolute Gasteiger partial charge is 0.379 e. The van der Waals surface area contributed by atoms with Gasteiger partial charge in [-0.05, 0) is 39.0 Å². The maximum absolute atomic E-state index is 14.7. The highest BCUT2D eigenvalue weighted by Crippen LogP contribution is 2.41. The number of hydrogen-bond acceptors (Lipinski definition) is 7. The van der Waals surface area contributed by atoms with Crippen LogP contribution in [0.3, 0.4) is 0 Å². The van der Waals surface area contributed by atoms with E-state index in [1.54, 1.807) is 6.92 Å². The minimum atomic E-state index is -0.701. The topological polar surface area (TPSA) is 87.7 Å². The third kappa shape index (κ3) is 4.03. The zero-order chi connectivity index (χ0) is 23.8. The Labute approximate surface area is 196 Å². The molecular weight excluding hydrogens is 442 g/mol. The predicted octanol–water partition coefficient (Wildman–Crippen LogP) is 4.11. The van der Waals surface area contributed by atoms with Gasteiger partial charge in [0.05, 0.1) is 47.7 Å². The SMILES string of the molecule is CCOC[C@H]1CN(c2cc3c(c(C)n2)NC(c2c(F)cccc2F)=Nc2c(C)n[nH]c2-3)CCO1. The molecule has 0 amide bonds. The molecular formula is C24H26F2N6O2. The van der Waals surface area contributed by atoms with Gasteiger partial charge < -0.3 is 19.7 Å². The van der Waals surface area contributed by atoms with E-state index in [1.807, 2.05) is 19.9 Å². The van der Waals surface area contributed by atoms with Crippen LogP contribution in [0.5, 0.6) is 0 Å². The number of rotatable bonds is 5. The number of nitrogens with zero attached hydrogens (tertiary/aromatic N) is 4. The molecule has 2 aliphatic rings. The van der Waals surface area contributed by atoms with Gasteiger partial charge in [0, 0.05) is 25.3 Å². The van der Waals surface area contributed by atoms with Crippen LogP contribution in [0.25, 0.3) is 11.3 Å². The van der Waals surface area contributed by atoms with Crippen LogP contribution in [0, 0.1) is 25.5 Å². The third-order valence-corrected chi connectivity index (χ3v) is 6.01. The molecule has 0 spiro atoms. The summed E-state index contributed by atoms with van der Waals surface area (Å²) in [6.45, 7) is 8.68.